The zero-order chi connectivity index (χ0) is 19.1. The van der Waals surface area contributed by atoms with Gasteiger partial charge in [-0.2, -0.15) is 0 Å². The second-order valence-corrected chi connectivity index (χ2v) is 5.96. The first-order chi connectivity index (χ1) is 13.2. The summed E-state index contributed by atoms with van der Waals surface area (Å²) in [6, 6.07) is 12.6. The van der Waals surface area contributed by atoms with E-state index in [9.17, 15) is 9.18 Å². The Morgan fingerprint density at radius 3 is 2.81 bits per heavy atom. The molecular formula is C20H20FN3O3. The standard InChI is InChI=1S/C20H20FN3O3/c1-2-3-4-11-26-17-10-6-7-14(13-17)18(25)22-20-24-23-19(27-20)15-8-5-9-16(21)12-15/h5-10,12-13H,2-4,11H2,1H3,(H,22,24,25). The molecule has 0 spiro atoms. The topological polar surface area (TPSA) is 77.2 Å². The molecule has 27 heavy (non-hydrogen) atoms. The maximum absolute atomic E-state index is 13.3. The fourth-order valence-corrected chi connectivity index (χ4v) is 2.45. The minimum absolute atomic E-state index is 0.0615. The average Bonchev–Trinajstić information content (AvgIpc) is 3.14. The van der Waals surface area contributed by atoms with Crippen molar-refractivity contribution in [3.8, 4) is 17.2 Å². The van der Waals surface area contributed by atoms with E-state index in [1.165, 1.54) is 12.1 Å². The van der Waals surface area contributed by atoms with E-state index in [4.69, 9.17) is 9.15 Å². The van der Waals surface area contributed by atoms with Gasteiger partial charge in [0.2, 0.25) is 5.89 Å². The predicted octanol–water partition coefficient (Wildman–Crippen LogP) is 4.70. The van der Waals surface area contributed by atoms with Crippen LogP contribution in [0, 0.1) is 5.82 Å². The molecule has 0 saturated heterocycles. The normalized spacial score (nSPS) is 10.6. The van der Waals surface area contributed by atoms with E-state index < -0.39 is 11.7 Å². The Labute approximate surface area is 156 Å². The molecule has 2 aromatic carbocycles. The van der Waals surface area contributed by atoms with Gasteiger partial charge in [-0.3, -0.25) is 10.1 Å². The number of anilines is 1. The van der Waals surface area contributed by atoms with Gasteiger partial charge in [-0.25, -0.2) is 4.39 Å². The van der Waals surface area contributed by atoms with Crippen LogP contribution in [0.5, 0.6) is 5.75 Å². The van der Waals surface area contributed by atoms with Crippen molar-refractivity contribution >= 4 is 11.9 Å². The molecule has 7 heteroatoms. The number of amides is 1. The third-order valence-corrected chi connectivity index (χ3v) is 3.83. The predicted molar refractivity (Wildman–Crippen MR) is 99.1 cm³/mol. The second kappa shape index (κ2) is 8.93. The van der Waals surface area contributed by atoms with Gasteiger partial charge in [-0.15, -0.1) is 5.10 Å². The van der Waals surface area contributed by atoms with Crippen LogP contribution in [0.2, 0.25) is 0 Å². The van der Waals surface area contributed by atoms with Gasteiger partial charge in [0.15, 0.2) is 0 Å². The number of hydrogen-bond acceptors (Lipinski definition) is 5. The van der Waals surface area contributed by atoms with Crippen LogP contribution in [-0.2, 0) is 0 Å². The van der Waals surface area contributed by atoms with Crippen molar-refractivity contribution in [3.63, 3.8) is 0 Å². The van der Waals surface area contributed by atoms with Gasteiger partial charge in [-0.05, 0) is 42.8 Å². The molecule has 0 atom stereocenters. The van der Waals surface area contributed by atoms with Crippen LogP contribution >= 0.6 is 0 Å². The Kier molecular flexibility index (Phi) is 6.14. The van der Waals surface area contributed by atoms with Gasteiger partial charge in [-0.1, -0.05) is 37.0 Å². The zero-order valence-electron chi connectivity index (χ0n) is 14.9. The number of nitrogens with zero attached hydrogens (tertiary/aromatic N) is 2. The second-order valence-electron chi connectivity index (χ2n) is 5.96. The Balaban J connectivity index is 1.64. The van der Waals surface area contributed by atoms with Crippen molar-refractivity contribution in [2.75, 3.05) is 11.9 Å². The smallest absolute Gasteiger partial charge is 0.322 e. The Bertz CT molecular complexity index is 911. The van der Waals surface area contributed by atoms with E-state index in [1.54, 1.807) is 36.4 Å². The number of halogens is 1. The molecule has 140 valence electrons. The molecule has 0 unspecified atom stereocenters. The number of carbonyl (C=O) groups is 1. The highest BCUT2D eigenvalue weighted by Crippen LogP contribution is 2.21. The van der Waals surface area contributed by atoms with Crippen LogP contribution < -0.4 is 10.1 Å². The van der Waals surface area contributed by atoms with Crippen LogP contribution in [0.25, 0.3) is 11.5 Å². The number of aromatic nitrogens is 2. The minimum Gasteiger partial charge on any atom is -0.494 e. The highest BCUT2D eigenvalue weighted by atomic mass is 19.1. The van der Waals surface area contributed by atoms with Crippen molar-refractivity contribution in [2.24, 2.45) is 0 Å². The van der Waals surface area contributed by atoms with Crippen molar-refractivity contribution in [3.05, 3.63) is 59.9 Å². The molecule has 3 aromatic rings. The molecule has 1 aromatic heterocycles. The van der Waals surface area contributed by atoms with Gasteiger partial charge in [0.1, 0.15) is 11.6 Å². The number of benzene rings is 2. The highest BCUT2D eigenvalue weighted by Gasteiger charge is 2.13. The first kappa shape index (κ1) is 18.6. The molecule has 0 bridgehead atoms. The van der Waals surface area contributed by atoms with Crippen LogP contribution in [0.15, 0.2) is 52.9 Å². The quantitative estimate of drug-likeness (QED) is 0.583. The first-order valence-corrected chi connectivity index (χ1v) is 8.79. The number of unbranched alkanes of at least 4 members (excludes halogenated alkanes) is 2. The number of ether oxygens (including phenoxy) is 1. The van der Waals surface area contributed by atoms with Crippen molar-refractivity contribution in [2.45, 2.75) is 26.2 Å². The molecule has 0 aliphatic rings. The molecular weight excluding hydrogens is 349 g/mol. The summed E-state index contributed by atoms with van der Waals surface area (Å²) in [5.41, 5.74) is 0.846. The minimum atomic E-state index is -0.410. The van der Waals surface area contributed by atoms with Crippen LogP contribution in [-0.4, -0.2) is 22.7 Å². The van der Waals surface area contributed by atoms with Crippen LogP contribution in [0.3, 0.4) is 0 Å². The van der Waals surface area contributed by atoms with Crippen molar-refractivity contribution in [1.82, 2.24) is 10.2 Å². The van der Waals surface area contributed by atoms with E-state index in [2.05, 4.69) is 22.4 Å². The molecule has 3 rings (SSSR count). The lowest BCUT2D eigenvalue weighted by Gasteiger charge is -2.07. The van der Waals surface area contributed by atoms with E-state index in [0.29, 0.717) is 23.5 Å². The summed E-state index contributed by atoms with van der Waals surface area (Å²) < 4.78 is 24.3. The van der Waals surface area contributed by atoms with Gasteiger partial charge >= 0.3 is 6.01 Å². The lowest BCUT2D eigenvalue weighted by atomic mass is 10.2. The van der Waals surface area contributed by atoms with E-state index in [1.807, 2.05) is 0 Å². The lowest BCUT2D eigenvalue weighted by Crippen LogP contribution is -2.12. The maximum Gasteiger partial charge on any atom is 0.322 e. The SMILES string of the molecule is CCCCCOc1cccc(C(=O)Nc2nnc(-c3cccc(F)c3)o2)c1. The maximum atomic E-state index is 13.3. The zero-order valence-corrected chi connectivity index (χ0v) is 14.9. The average molecular weight is 369 g/mol. The first-order valence-electron chi connectivity index (χ1n) is 8.79. The third kappa shape index (κ3) is 5.13. The van der Waals surface area contributed by atoms with Gasteiger partial charge in [0.05, 0.1) is 6.61 Å². The molecule has 0 aliphatic carbocycles. The van der Waals surface area contributed by atoms with Crippen LogP contribution in [0.1, 0.15) is 36.5 Å². The number of rotatable bonds is 8. The summed E-state index contributed by atoms with van der Waals surface area (Å²) in [4.78, 5) is 12.4. The monoisotopic (exact) mass is 369 g/mol. The fourth-order valence-electron chi connectivity index (χ4n) is 2.45. The Hall–Kier alpha value is -3.22. The molecule has 0 saturated carbocycles. The van der Waals surface area contributed by atoms with Gasteiger partial charge in [0, 0.05) is 11.1 Å². The van der Waals surface area contributed by atoms with Crippen molar-refractivity contribution < 1.29 is 18.3 Å². The fraction of sp³-hybridized carbons (Fsp3) is 0.250. The number of hydrogen-bond donors (Lipinski definition) is 1. The number of nitrogens with one attached hydrogen (secondary N) is 1. The van der Waals surface area contributed by atoms with E-state index in [0.717, 1.165) is 19.3 Å². The molecule has 6 nitrogen and oxygen atoms in total. The molecule has 1 amide bonds. The molecule has 0 fully saturated rings. The Morgan fingerprint density at radius 2 is 2.00 bits per heavy atom. The summed E-state index contributed by atoms with van der Waals surface area (Å²) in [7, 11) is 0. The largest absolute Gasteiger partial charge is 0.494 e. The highest BCUT2D eigenvalue weighted by molar-refractivity contribution is 6.03. The third-order valence-electron chi connectivity index (χ3n) is 3.83. The van der Waals surface area contributed by atoms with Crippen LogP contribution in [0.4, 0.5) is 10.4 Å². The molecule has 0 radical (unpaired) electrons. The summed E-state index contributed by atoms with van der Waals surface area (Å²) in [6.07, 6.45) is 3.19. The van der Waals surface area contributed by atoms with E-state index in [-0.39, 0.29) is 11.9 Å². The lowest BCUT2D eigenvalue weighted by molar-refractivity contribution is 0.102. The summed E-state index contributed by atoms with van der Waals surface area (Å²) in [5, 5.41) is 10.1. The molecule has 0 aliphatic heterocycles. The summed E-state index contributed by atoms with van der Waals surface area (Å²) in [6.45, 7) is 2.74. The summed E-state index contributed by atoms with van der Waals surface area (Å²) >= 11 is 0. The number of carbonyl (C=O) groups excluding carboxylic acids is 1. The van der Waals surface area contributed by atoms with Gasteiger partial charge < -0.3 is 9.15 Å². The van der Waals surface area contributed by atoms with Crippen molar-refractivity contribution in [1.29, 1.82) is 0 Å². The van der Waals surface area contributed by atoms with Gasteiger partial charge in [0.25, 0.3) is 5.91 Å². The molecule has 1 N–H and O–H groups in total. The Morgan fingerprint density at radius 1 is 1.15 bits per heavy atom. The summed E-state index contributed by atoms with van der Waals surface area (Å²) in [5.74, 6) is -0.0574. The molecule has 1 heterocycles. The van der Waals surface area contributed by atoms with E-state index >= 15 is 0 Å².